The summed E-state index contributed by atoms with van der Waals surface area (Å²) in [5.74, 6) is 0. The summed E-state index contributed by atoms with van der Waals surface area (Å²) >= 11 is 0. The second-order valence-corrected chi connectivity index (χ2v) is 28.6. The fraction of sp³-hybridized carbons (Fsp3) is 0. The number of hydrogen-bond donors (Lipinski definition) is 0. The summed E-state index contributed by atoms with van der Waals surface area (Å²) in [5, 5.41) is 14.4. The zero-order valence-corrected chi connectivity index (χ0v) is 60.5. The molecule has 20 aromatic rings. The third kappa shape index (κ3) is 11.9. The molecule has 0 amide bonds. The molecule has 20 rings (SSSR count). The summed E-state index contributed by atoms with van der Waals surface area (Å²) in [6, 6.07) is 162. The van der Waals surface area contributed by atoms with E-state index in [1.807, 2.05) is 0 Å². The van der Waals surface area contributed by atoms with E-state index in [2.05, 4.69) is 447 Å². The fourth-order valence-electron chi connectivity index (χ4n) is 16.9. The van der Waals surface area contributed by atoms with Crippen LogP contribution in [0.25, 0.3) is 165 Å². The van der Waals surface area contributed by atoms with Crippen molar-refractivity contribution in [3.63, 3.8) is 0 Å². The second-order valence-electron chi connectivity index (χ2n) is 28.6. The Morgan fingerprint density at radius 1 is 0.118 bits per heavy atom. The highest BCUT2D eigenvalue weighted by Crippen LogP contribution is 2.53. The predicted octanol–water partition coefficient (Wildman–Crippen LogP) is 30.5. The van der Waals surface area contributed by atoms with Crippen molar-refractivity contribution in [1.29, 1.82) is 0 Å². The Labute approximate surface area is 641 Å². The van der Waals surface area contributed by atoms with Crippen LogP contribution in [0.4, 0.5) is 34.1 Å². The van der Waals surface area contributed by atoms with Crippen molar-refractivity contribution in [2.45, 2.75) is 0 Å². The molecule has 0 heterocycles. The number of rotatable bonds is 15. The van der Waals surface area contributed by atoms with Gasteiger partial charge in [-0.05, 0) is 216 Å². The molecule has 20 aromatic carbocycles. The maximum Gasteiger partial charge on any atom is 0.0546 e. The molecule has 0 bridgehead atoms. The number of hydrogen-bond acceptors (Lipinski definition) is 2. The lowest BCUT2D eigenvalue weighted by Crippen LogP contribution is -2.14. The molecule has 2 nitrogen and oxygen atoms in total. The SMILES string of the molecule is c1ccc(-c2ccc(-c3ccccc3)c(N(c3ccccc3-c3ccc4ccccc4c3)c3ccc(-c4ccc5ccc(-c6ccccc6N(c6ccc(-c7ccccc7)c(-c7ccccc7)c6)c6ccccc6-c6cc7ccccc7c7ccccc67)cc5c4)cc3-c3cc4ccccc4c4ccccc34)c2)cc1. The average molecular weight is 1400 g/mol. The van der Waals surface area contributed by atoms with Gasteiger partial charge in [0, 0.05) is 33.5 Å². The van der Waals surface area contributed by atoms with Crippen LogP contribution in [0.15, 0.2) is 437 Å². The summed E-state index contributed by atoms with van der Waals surface area (Å²) in [6.07, 6.45) is 0. The van der Waals surface area contributed by atoms with Gasteiger partial charge in [0.2, 0.25) is 0 Å². The molecule has 0 fully saturated rings. The zero-order valence-electron chi connectivity index (χ0n) is 60.5. The van der Waals surface area contributed by atoms with E-state index < -0.39 is 0 Å². The minimum atomic E-state index is 1.05. The Morgan fingerprint density at radius 2 is 0.473 bits per heavy atom. The van der Waals surface area contributed by atoms with Crippen molar-refractivity contribution in [3.8, 4) is 100 Å². The van der Waals surface area contributed by atoms with E-state index >= 15 is 0 Å². The molecule has 2 heteroatoms. The van der Waals surface area contributed by atoms with Crippen LogP contribution in [0.3, 0.4) is 0 Å². The number of fused-ring (bicyclic) bond motifs is 8. The highest BCUT2D eigenvalue weighted by molar-refractivity contribution is 6.17. The van der Waals surface area contributed by atoms with Crippen molar-refractivity contribution >= 4 is 98.8 Å². The number of benzene rings is 20. The first-order chi connectivity index (χ1) is 54.6. The Morgan fingerprint density at radius 3 is 1.06 bits per heavy atom. The Hall–Kier alpha value is -14.4. The van der Waals surface area contributed by atoms with E-state index in [0.717, 1.165) is 128 Å². The molecule has 0 saturated carbocycles. The lowest BCUT2D eigenvalue weighted by molar-refractivity contribution is 1.28. The molecule has 0 aliphatic heterocycles. The van der Waals surface area contributed by atoms with Crippen LogP contribution in [-0.4, -0.2) is 0 Å². The third-order valence-corrected chi connectivity index (χ3v) is 22.2. The molecule has 110 heavy (non-hydrogen) atoms. The molecule has 0 radical (unpaired) electrons. The van der Waals surface area contributed by atoms with E-state index in [9.17, 15) is 0 Å². The number of nitrogens with zero attached hydrogens (tertiary/aromatic N) is 2. The van der Waals surface area contributed by atoms with Crippen LogP contribution in [0, 0.1) is 0 Å². The largest absolute Gasteiger partial charge is 0.309 e. The van der Waals surface area contributed by atoms with E-state index in [0.29, 0.717) is 0 Å². The van der Waals surface area contributed by atoms with Gasteiger partial charge >= 0.3 is 0 Å². The first kappa shape index (κ1) is 65.1. The molecule has 0 aliphatic carbocycles. The molecule has 514 valence electrons. The van der Waals surface area contributed by atoms with Gasteiger partial charge in [-0.1, -0.05) is 358 Å². The molecular formula is C108H72N2. The van der Waals surface area contributed by atoms with Crippen LogP contribution < -0.4 is 9.80 Å². The van der Waals surface area contributed by atoms with E-state index in [-0.39, 0.29) is 0 Å². The van der Waals surface area contributed by atoms with Crippen molar-refractivity contribution in [2.75, 3.05) is 9.80 Å². The first-order valence-corrected chi connectivity index (χ1v) is 37.9. The quantitative estimate of drug-likeness (QED) is 0.0944. The molecule has 0 aromatic heterocycles. The summed E-state index contributed by atoms with van der Waals surface area (Å²) in [5.41, 5.74) is 26.8. The van der Waals surface area contributed by atoms with Gasteiger partial charge in [-0.15, -0.1) is 0 Å². The molecule has 0 spiro atoms. The molecule has 0 aliphatic rings. The average Bonchev–Trinajstić information content (AvgIpc) is 0.610. The lowest BCUT2D eigenvalue weighted by atomic mass is 9.89. The van der Waals surface area contributed by atoms with Gasteiger partial charge in [0.15, 0.2) is 0 Å². The minimum Gasteiger partial charge on any atom is -0.309 e. The van der Waals surface area contributed by atoms with Gasteiger partial charge in [-0.3, -0.25) is 0 Å². The summed E-state index contributed by atoms with van der Waals surface area (Å²) in [4.78, 5) is 5.08. The monoisotopic (exact) mass is 1400 g/mol. The van der Waals surface area contributed by atoms with Gasteiger partial charge in [0.25, 0.3) is 0 Å². The summed E-state index contributed by atoms with van der Waals surface area (Å²) < 4.78 is 0. The van der Waals surface area contributed by atoms with Gasteiger partial charge < -0.3 is 9.80 Å². The maximum absolute atomic E-state index is 2.57. The highest BCUT2D eigenvalue weighted by atomic mass is 15.2. The molecular weight excluding hydrogens is 1330 g/mol. The molecule has 0 N–H and O–H groups in total. The van der Waals surface area contributed by atoms with Crippen LogP contribution in [0.2, 0.25) is 0 Å². The van der Waals surface area contributed by atoms with E-state index in [4.69, 9.17) is 0 Å². The topological polar surface area (TPSA) is 6.48 Å². The van der Waals surface area contributed by atoms with Gasteiger partial charge in [-0.2, -0.15) is 0 Å². The zero-order chi connectivity index (χ0) is 72.9. The molecule has 0 unspecified atom stereocenters. The van der Waals surface area contributed by atoms with E-state index in [1.165, 1.54) is 70.6 Å². The van der Waals surface area contributed by atoms with Crippen molar-refractivity contribution in [3.05, 3.63) is 437 Å². The summed E-state index contributed by atoms with van der Waals surface area (Å²) in [6.45, 7) is 0. The Balaban J connectivity index is 0.797. The fourth-order valence-corrected chi connectivity index (χ4v) is 16.9. The third-order valence-electron chi connectivity index (χ3n) is 22.2. The van der Waals surface area contributed by atoms with Crippen LogP contribution >= 0.6 is 0 Å². The first-order valence-electron chi connectivity index (χ1n) is 37.9. The molecule has 0 atom stereocenters. The molecule has 0 saturated heterocycles. The van der Waals surface area contributed by atoms with Crippen LogP contribution in [0.1, 0.15) is 0 Å². The number of para-hydroxylation sites is 3. The highest BCUT2D eigenvalue weighted by Gasteiger charge is 2.28. The van der Waals surface area contributed by atoms with E-state index in [1.54, 1.807) is 0 Å². The Kier molecular flexibility index (Phi) is 16.6. The van der Waals surface area contributed by atoms with Gasteiger partial charge in [-0.25, -0.2) is 0 Å². The summed E-state index contributed by atoms with van der Waals surface area (Å²) in [7, 11) is 0. The normalized spacial score (nSPS) is 11.5. The smallest absolute Gasteiger partial charge is 0.0546 e. The second kappa shape index (κ2) is 28.1. The predicted molar refractivity (Wildman–Crippen MR) is 470 cm³/mol. The number of anilines is 6. The van der Waals surface area contributed by atoms with Crippen molar-refractivity contribution < 1.29 is 0 Å². The minimum absolute atomic E-state index is 1.05. The standard InChI is InChI=1S/C108H72N2/c1-5-29-73(30-6-1)82-59-62-94(77-34-9-3-10-35-77)108(71-82)110(105-51-27-24-44-93(105)85-57-54-74-31-13-14-38-79(74)65-85)107-64-60-81(68-103(107)102-70-84-40-16-18-42-90(84)96-46-20-22-48-98(96)102)80-56-53-75-55-58-86(67-87(75)66-80)92-43-23-26-50-104(92)109(88-61-63-91(76-32-7-2-8-33-76)100(72-88)78-36-11-4-12-37-78)106-52-28-25-49-99(106)101-69-83-39-15-17-41-89(83)95-45-19-21-47-97(95)101/h1-72H. The van der Waals surface area contributed by atoms with Crippen molar-refractivity contribution in [2.24, 2.45) is 0 Å². The van der Waals surface area contributed by atoms with Crippen molar-refractivity contribution in [1.82, 2.24) is 0 Å². The van der Waals surface area contributed by atoms with Gasteiger partial charge in [0.05, 0.1) is 28.4 Å². The van der Waals surface area contributed by atoms with Crippen LogP contribution in [-0.2, 0) is 0 Å². The lowest BCUT2D eigenvalue weighted by Gasteiger charge is -2.32. The van der Waals surface area contributed by atoms with Gasteiger partial charge in [0.1, 0.15) is 0 Å². The Bertz CT molecular complexity index is 6900. The maximum atomic E-state index is 2.57. The van der Waals surface area contributed by atoms with Crippen LogP contribution in [0.5, 0.6) is 0 Å².